The second-order valence-corrected chi connectivity index (χ2v) is 1.39. The van der Waals surface area contributed by atoms with Gasteiger partial charge in [-0.3, -0.25) is 0 Å². The molecule has 0 spiro atoms. The summed E-state index contributed by atoms with van der Waals surface area (Å²) in [6, 6.07) is 0. The fourth-order valence-electron chi connectivity index (χ4n) is 0.433. The second-order valence-electron chi connectivity index (χ2n) is 1.39. The van der Waals surface area contributed by atoms with Crippen molar-refractivity contribution < 1.29 is 4.70 Å². The Labute approximate surface area is 36.6 Å². The third-order valence-corrected chi connectivity index (χ3v) is 0.789. The van der Waals surface area contributed by atoms with Gasteiger partial charge in [0.1, 0.15) is 13.1 Å². The van der Waals surface area contributed by atoms with E-state index in [9.17, 15) is 0 Å². The standard InChI is InChI=1S/C3H7N3/c1-6-3-2-4-5-6/h2-3H2,1H3/p+1. The number of rotatable bonds is 0. The summed E-state index contributed by atoms with van der Waals surface area (Å²) >= 11 is 0. The highest BCUT2D eigenvalue weighted by Gasteiger charge is 2.01. The van der Waals surface area contributed by atoms with Crippen LogP contribution in [-0.2, 0) is 0 Å². The number of nitrogens with one attached hydrogen (secondary N) is 1. The quantitative estimate of drug-likeness (QED) is 0.399. The first-order valence-electron chi connectivity index (χ1n) is 2.04. The zero-order valence-electron chi connectivity index (χ0n) is 3.81. The molecule has 0 unspecified atom stereocenters. The highest BCUT2D eigenvalue weighted by atomic mass is 15.5. The molecule has 3 nitrogen and oxygen atoms in total. The Balaban J connectivity index is 2.45. The van der Waals surface area contributed by atoms with Crippen LogP contribution >= 0.6 is 0 Å². The highest BCUT2D eigenvalue weighted by Crippen LogP contribution is 1.76. The van der Waals surface area contributed by atoms with Crippen LogP contribution < -0.4 is 5.43 Å². The monoisotopic (exact) mass is 86.1 g/mol. The van der Waals surface area contributed by atoms with Gasteiger partial charge in [-0.2, -0.15) is 10.1 Å². The van der Waals surface area contributed by atoms with E-state index in [2.05, 4.69) is 10.6 Å². The van der Waals surface area contributed by atoms with Gasteiger partial charge in [0.05, 0.1) is 12.3 Å². The molecule has 3 heteroatoms. The maximum atomic E-state index is 3.82. The minimum absolute atomic E-state index is 0.997. The van der Waals surface area contributed by atoms with Crippen molar-refractivity contribution in [1.29, 1.82) is 0 Å². The van der Waals surface area contributed by atoms with Crippen LogP contribution in [0.25, 0.3) is 0 Å². The van der Waals surface area contributed by atoms with Crippen LogP contribution in [0.2, 0.25) is 0 Å². The lowest BCUT2D eigenvalue weighted by atomic mass is 10.7. The Bertz CT molecular complexity index is 76.1. The van der Waals surface area contributed by atoms with E-state index in [1.165, 1.54) is 0 Å². The molecule has 0 saturated heterocycles. The van der Waals surface area contributed by atoms with Crippen molar-refractivity contribution in [2.75, 3.05) is 20.1 Å². The van der Waals surface area contributed by atoms with Gasteiger partial charge in [0.2, 0.25) is 0 Å². The van der Waals surface area contributed by atoms with Crippen molar-refractivity contribution in [3.8, 4) is 0 Å². The summed E-state index contributed by atoms with van der Waals surface area (Å²) in [5, 5.41) is 3.82. The first-order chi connectivity index (χ1) is 2.89. The smallest absolute Gasteiger partial charge is 0.146 e. The second kappa shape index (κ2) is 1.24. The molecule has 34 valence electrons. The molecule has 0 aromatic carbocycles. The molecule has 0 aliphatic carbocycles. The number of likely N-dealkylation sites (N-methyl/N-ethyl adjacent to an activating group) is 1. The van der Waals surface area contributed by atoms with Crippen LogP contribution in [0.3, 0.4) is 0 Å². The van der Waals surface area contributed by atoms with E-state index in [0.29, 0.717) is 0 Å². The van der Waals surface area contributed by atoms with Crippen LogP contribution in [0.4, 0.5) is 0 Å². The Morgan fingerprint density at radius 3 is 2.83 bits per heavy atom. The first kappa shape index (κ1) is 3.59. The molecule has 0 aromatic heterocycles. The lowest BCUT2D eigenvalue weighted by molar-refractivity contribution is -0.552. The molecule has 0 saturated carbocycles. The fraction of sp³-hybridized carbons (Fsp3) is 1.00. The van der Waals surface area contributed by atoms with Gasteiger partial charge in [0.25, 0.3) is 0 Å². The lowest BCUT2D eigenvalue weighted by Crippen LogP contribution is -2.03. The van der Waals surface area contributed by atoms with Crippen molar-refractivity contribution in [2.45, 2.75) is 0 Å². The maximum Gasteiger partial charge on any atom is 0.146 e. The molecular weight excluding hydrogens is 78.1 g/mol. The summed E-state index contributed by atoms with van der Waals surface area (Å²) in [6.45, 7) is 2.04. The minimum atomic E-state index is 0.997. The lowest BCUT2D eigenvalue weighted by Gasteiger charge is -1.73. The minimum Gasteiger partial charge on any atom is -0.179 e. The summed E-state index contributed by atoms with van der Waals surface area (Å²) < 4.78 is 1.88. The number of hydrogen-bond donors (Lipinski definition) is 1. The van der Waals surface area contributed by atoms with Crippen molar-refractivity contribution >= 4 is 0 Å². The van der Waals surface area contributed by atoms with Crippen molar-refractivity contribution in [2.24, 2.45) is 5.22 Å². The van der Waals surface area contributed by atoms with E-state index in [4.69, 9.17) is 0 Å². The molecule has 1 heterocycles. The van der Waals surface area contributed by atoms with Crippen LogP contribution in [0.15, 0.2) is 5.22 Å². The molecule has 1 aliphatic rings. The predicted octanol–water partition coefficient (Wildman–Crippen LogP) is -0.401. The van der Waals surface area contributed by atoms with Gasteiger partial charge in [-0.25, -0.2) is 0 Å². The number of nitrogens with zero attached hydrogens (tertiary/aromatic N) is 2. The first-order valence-corrected chi connectivity index (χ1v) is 2.04. The molecule has 0 bridgehead atoms. The van der Waals surface area contributed by atoms with Crippen molar-refractivity contribution in [3.05, 3.63) is 0 Å². The summed E-state index contributed by atoms with van der Waals surface area (Å²) in [7, 11) is 1.94. The van der Waals surface area contributed by atoms with E-state index in [-0.39, 0.29) is 0 Å². The molecule has 0 aromatic rings. The van der Waals surface area contributed by atoms with Gasteiger partial charge in [0.15, 0.2) is 0 Å². The third kappa shape index (κ3) is 0.478. The summed E-state index contributed by atoms with van der Waals surface area (Å²) in [6.07, 6.45) is 0. The van der Waals surface area contributed by atoms with Gasteiger partial charge >= 0.3 is 0 Å². The molecule has 0 fully saturated rings. The Kier molecular flexibility index (Phi) is 0.742. The van der Waals surface area contributed by atoms with E-state index in [1.54, 1.807) is 0 Å². The van der Waals surface area contributed by atoms with Crippen LogP contribution in [0, 0.1) is 0 Å². The van der Waals surface area contributed by atoms with Crippen LogP contribution in [0.5, 0.6) is 0 Å². The molecule has 1 N–H and O–H groups in total. The van der Waals surface area contributed by atoms with Crippen LogP contribution in [0.1, 0.15) is 0 Å². The van der Waals surface area contributed by atoms with E-state index in [1.807, 2.05) is 11.7 Å². The number of hydrogen-bond acceptors (Lipinski definition) is 2. The van der Waals surface area contributed by atoms with Crippen LogP contribution in [-0.4, -0.2) is 24.8 Å². The van der Waals surface area contributed by atoms with Gasteiger partial charge in [-0.05, 0) is 0 Å². The van der Waals surface area contributed by atoms with Gasteiger partial charge in [-0.15, -0.1) is 0 Å². The van der Waals surface area contributed by atoms with E-state index in [0.717, 1.165) is 13.1 Å². The molecule has 0 atom stereocenters. The molecule has 0 amide bonds. The topological polar surface area (TPSA) is 27.4 Å². The maximum absolute atomic E-state index is 3.82. The molecule has 1 rings (SSSR count). The fourth-order valence-corrected chi connectivity index (χ4v) is 0.433. The average molecular weight is 86.1 g/mol. The predicted molar refractivity (Wildman–Crippen MR) is 21.5 cm³/mol. The van der Waals surface area contributed by atoms with Gasteiger partial charge in [-0.1, -0.05) is 0 Å². The highest BCUT2D eigenvalue weighted by molar-refractivity contribution is 4.32. The van der Waals surface area contributed by atoms with Crippen molar-refractivity contribution in [1.82, 2.24) is 5.43 Å². The molecule has 6 heavy (non-hydrogen) atoms. The summed E-state index contributed by atoms with van der Waals surface area (Å²) in [5.41, 5.74) is 2.82. The van der Waals surface area contributed by atoms with Gasteiger partial charge in [0, 0.05) is 0 Å². The zero-order valence-corrected chi connectivity index (χ0v) is 3.81. The van der Waals surface area contributed by atoms with Crippen molar-refractivity contribution in [3.63, 3.8) is 0 Å². The largest absolute Gasteiger partial charge is 0.179 e. The molecular formula is C3H8N3+. The SMILES string of the molecule is C[N+]1=NNCC1. The van der Waals surface area contributed by atoms with E-state index >= 15 is 0 Å². The summed E-state index contributed by atoms with van der Waals surface area (Å²) in [5.74, 6) is 0. The molecule has 0 radical (unpaired) electrons. The average Bonchev–Trinajstić information content (AvgIpc) is 1.86. The molecule has 1 aliphatic heterocycles. The Morgan fingerprint density at radius 1 is 1.83 bits per heavy atom. The Morgan fingerprint density at radius 2 is 2.67 bits per heavy atom. The third-order valence-electron chi connectivity index (χ3n) is 0.789. The zero-order chi connectivity index (χ0) is 4.41. The summed E-state index contributed by atoms with van der Waals surface area (Å²) in [4.78, 5) is 0. The Hall–Kier alpha value is -0.600. The normalized spacial score (nSPS) is 19.8. The van der Waals surface area contributed by atoms with Gasteiger partial charge < -0.3 is 0 Å². The van der Waals surface area contributed by atoms with E-state index < -0.39 is 0 Å².